The molecule has 0 spiro atoms. The van der Waals surface area contributed by atoms with Crippen molar-refractivity contribution in [2.24, 2.45) is 5.92 Å². The maximum atomic E-state index is 5.37. The molecular formula is C11H18N2O. The van der Waals surface area contributed by atoms with E-state index in [0.717, 1.165) is 24.9 Å². The van der Waals surface area contributed by atoms with E-state index in [1.165, 1.54) is 19.3 Å². The van der Waals surface area contributed by atoms with Crippen molar-refractivity contribution in [3.63, 3.8) is 0 Å². The monoisotopic (exact) mass is 194 g/mol. The molecule has 2 rings (SSSR count). The van der Waals surface area contributed by atoms with Gasteiger partial charge in [-0.25, -0.2) is 4.98 Å². The van der Waals surface area contributed by atoms with Crippen molar-refractivity contribution in [3.05, 3.63) is 18.2 Å². The molecule has 1 saturated carbocycles. The highest BCUT2D eigenvalue weighted by Crippen LogP contribution is 2.28. The molecule has 0 amide bonds. The van der Waals surface area contributed by atoms with Gasteiger partial charge in [-0.2, -0.15) is 0 Å². The molecule has 0 aliphatic heterocycles. The van der Waals surface area contributed by atoms with Crippen LogP contribution in [0.15, 0.2) is 12.4 Å². The van der Waals surface area contributed by atoms with Crippen LogP contribution in [-0.4, -0.2) is 16.2 Å². The van der Waals surface area contributed by atoms with Gasteiger partial charge in [0.1, 0.15) is 12.4 Å². The lowest BCUT2D eigenvalue weighted by Gasteiger charge is -2.26. The predicted octanol–water partition coefficient (Wildman–Crippen LogP) is 2.22. The second-order valence-electron chi connectivity index (χ2n) is 3.93. The fourth-order valence-electron chi connectivity index (χ4n) is 1.79. The van der Waals surface area contributed by atoms with E-state index in [2.05, 4.69) is 15.7 Å². The lowest BCUT2D eigenvalue weighted by atomic mass is 9.85. The number of rotatable bonds is 5. The highest BCUT2D eigenvalue weighted by Gasteiger charge is 2.18. The van der Waals surface area contributed by atoms with Crippen molar-refractivity contribution in [2.75, 3.05) is 6.61 Å². The number of hydrogen-bond acceptors (Lipinski definition) is 2. The predicted molar refractivity (Wildman–Crippen MR) is 54.9 cm³/mol. The third-order valence-electron chi connectivity index (χ3n) is 2.92. The molecule has 1 aliphatic carbocycles. The maximum Gasteiger partial charge on any atom is 0.134 e. The molecule has 0 bridgehead atoms. The summed E-state index contributed by atoms with van der Waals surface area (Å²) in [6.07, 6.45) is 8.10. The molecule has 1 heterocycles. The number of hydrogen-bond donors (Lipinski definition) is 0. The van der Waals surface area contributed by atoms with Crippen molar-refractivity contribution < 1.29 is 4.74 Å². The smallest absolute Gasteiger partial charge is 0.134 e. The first-order chi connectivity index (χ1) is 6.90. The summed E-state index contributed by atoms with van der Waals surface area (Å²) in [6, 6.07) is 0. The summed E-state index contributed by atoms with van der Waals surface area (Å²) in [7, 11) is 0. The van der Waals surface area contributed by atoms with E-state index in [0.29, 0.717) is 6.61 Å². The normalized spacial score (nSPS) is 16.9. The molecule has 0 N–H and O–H groups in total. The van der Waals surface area contributed by atoms with Gasteiger partial charge >= 0.3 is 0 Å². The Kier molecular flexibility index (Phi) is 3.19. The third-order valence-corrected chi connectivity index (χ3v) is 2.92. The van der Waals surface area contributed by atoms with Gasteiger partial charge in [0.25, 0.3) is 0 Å². The highest BCUT2D eigenvalue weighted by atomic mass is 16.5. The first-order valence-electron chi connectivity index (χ1n) is 5.48. The second-order valence-corrected chi connectivity index (χ2v) is 3.93. The van der Waals surface area contributed by atoms with Crippen LogP contribution in [0, 0.1) is 5.92 Å². The minimum Gasteiger partial charge on any atom is -0.374 e. The molecule has 0 unspecified atom stereocenters. The van der Waals surface area contributed by atoms with Crippen molar-refractivity contribution in [1.82, 2.24) is 9.55 Å². The van der Waals surface area contributed by atoms with Gasteiger partial charge in [-0.05, 0) is 25.7 Å². The van der Waals surface area contributed by atoms with Gasteiger partial charge in [-0.3, -0.25) is 0 Å². The van der Waals surface area contributed by atoms with Gasteiger partial charge in [-0.15, -0.1) is 0 Å². The van der Waals surface area contributed by atoms with Gasteiger partial charge in [0.15, 0.2) is 0 Å². The summed E-state index contributed by atoms with van der Waals surface area (Å²) in [5.41, 5.74) is 0. The van der Waals surface area contributed by atoms with E-state index in [-0.39, 0.29) is 0 Å². The number of ether oxygens (including phenoxy) is 1. The Balaban J connectivity index is 1.90. The van der Waals surface area contributed by atoms with Crippen LogP contribution in [0.2, 0.25) is 0 Å². The Morgan fingerprint density at radius 3 is 3.07 bits per heavy atom. The summed E-state index contributed by atoms with van der Waals surface area (Å²) in [6.45, 7) is 4.55. The zero-order valence-electron chi connectivity index (χ0n) is 8.78. The van der Waals surface area contributed by atoms with Crippen molar-refractivity contribution >= 4 is 0 Å². The summed E-state index contributed by atoms with van der Waals surface area (Å²) >= 11 is 0. The zero-order valence-corrected chi connectivity index (χ0v) is 8.78. The van der Waals surface area contributed by atoms with E-state index in [1.54, 1.807) is 0 Å². The second kappa shape index (κ2) is 4.60. The maximum absolute atomic E-state index is 5.37. The molecule has 1 fully saturated rings. The Bertz CT molecular complexity index is 279. The van der Waals surface area contributed by atoms with Gasteiger partial charge in [-0.1, -0.05) is 6.42 Å². The topological polar surface area (TPSA) is 27.1 Å². The van der Waals surface area contributed by atoms with Crippen LogP contribution < -0.4 is 0 Å². The number of imidazole rings is 1. The van der Waals surface area contributed by atoms with Crippen LogP contribution in [0.1, 0.15) is 32.0 Å². The minimum absolute atomic E-state index is 0.649. The lowest BCUT2D eigenvalue weighted by molar-refractivity contribution is 0.123. The van der Waals surface area contributed by atoms with Crippen LogP contribution in [0.25, 0.3) is 0 Å². The molecule has 0 aromatic carbocycles. The van der Waals surface area contributed by atoms with Crippen molar-refractivity contribution in [2.45, 2.75) is 39.3 Å². The fraction of sp³-hybridized carbons (Fsp3) is 0.727. The molecular weight excluding hydrogens is 176 g/mol. The Morgan fingerprint density at radius 2 is 2.43 bits per heavy atom. The first kappa shape index (κ1) is 9.71. The standard InChI is InChI=1S/C11H18N2O/c1-2-14-9-11-12-6-7-13(11)8-10-4-3-5-10/h6-7,10H,2-5,8-9H2,1H3. The Morgan fingerprint density at radius 1 is 1.57 bits per heavy atom. The fourth-order valence-corrected chi connectivity index (χ4v) is 1.79. The molecule has 1 aromatic heterocycles. The molecule has 14 heavy (non-hydrogen) atoms. The van der Waals surface area contributed by atoms with Gasteiger partial charge in [0.2, 0.25) is 0 Å². The molecule has 1 aliphatic rings. The molecule has 78 valence electrons. The summed E-state index contributed by atoms with van der Waals surface area (Å²) < 4.78 is 7.60. The number of nitrogens with zero attached hydrogens (tertiary/aromatic N) is 2. The average Bonchev–Trinajstić information content (AvgIpc) is 2.55. The minimum atomic E-state index is 0.649. The Labute approximate surface area is 85.1 Å². The van der Waals surface area contributed by atoms with E-state index in [4.69, 9.17) is 4.74 Å². The number of aromatic nitrogens is 2. The van der Waals surface area contributed by atoms with E-state index in [9.17, 15) is 0 Å². The average molecular weight is 194 g/mol. The molecule has 3 heteroatoms. The Hall–Kier alpha value is -0.830. The van der Waals surface area contributed by atoms with E-state index < -0.39 is 0 Å². The highest BCUT2D eigenvalue weighted by molar-refractivity contribution is 4.91. The quantitative estimate of drug-likeness (QED) is 0.718. The van der Waals surface area contributed by atoms with E-state index in [1.807, 2.05) is 13.1 Å². The molecule has 1 aromatic rings. The third kappa shape index (κ3) is 2.15. The molecule has 3 nitrogen and oxygen atoms in total. The van der Waals surface area contributed by atoms with Gasteiger partial charge in [0.05, 0.1) is 0 Å². The SMILES string of the molecule is CCOCc1nccn1CC1CCC1. The summed E-state index contributed by atoms with van der Waals surface area (Å²) in [5.74, 6) is 1.95. The molecule has 0 atom stereocenters. The van der Waals surface area contributed by atoms with Gasteiger partial charge < -0.3 is 9.30 Å². The van der Waals surface area contributed by atoms with E-state index >= 15 is 0 Å². The first-order valence-corrected chi connectivity index (χ1v) is 5.48. The van der Waals surface area contributed by atoms with Crippen LogP contribution in [-0.2, 0) is 17.9 Å². The lowest BCUT2D eigenvalue weighted by Crippen LogP contribution is -2.19. The van der Waals surface area contributed by atoms with Crippen LogP contribution in [0.3, 0.4) is 0 Å². The largest absolute Gasteiger partial charge is 0.374 e. The van der Waals surface area contributed by atoms with Crippen LogP contribution in [0.4, 0.5) is 0 Å². The van der Waals surface area contributed by atoms with Crippen LogP contribution in [0.5, 0.6) is 0 Å². The van der Waals surface area contributed by atoms with Crippen molar-refractivity contribution in [3.8, 4) is 0 Å². The molecule has 0 radical (unpaired) electrons. The zero-order chi connectivity index (χ0) is 9.80. The summed E-state index contributed by atoms with van der Waals surface area (Å²) in [5, 5.41) is 0. The van der Waals surface area contributed by atoms with Crippen molar-refractivity contribution in [1.29, 1.82) is 0 Å². The van der Waals surface area contributed by atoms with Crippen LogP contribution >= 0.6 is 0 Å². The van der Waals surface area contributed by atoms with Gasteiger partial charge in [0, 0.05) is 25.5 Å². The summed E-state index contributed by atoms with van der Waals surface area (Å²) in [4.78, 5) is 4.30. The molecule has 0 saturated heterocycles.